The Kier molecular flexibility index (Phi) is 4.46. The Bertz CT molecular complexity index is 449. The molecule has 1 rings (SSSR count). The predicted octanol–water partition coefficient (Wildman–Crippen LogP) is 2.27. The van der Waals surface area contributed by atoms with Crippen molar-refractivity contribution in [3.63, 3.8) is 0 Å². The van der Waals surface area contributed by atoms with E-state index in [0.29, 0.717) is 17.9 Å². The summed E-state index contributed by atoms with van der Waals surface area (Å²) < 4.78 is 9.96. The van der Waals surface area contributed by atoms with E-state index in [1.54, 1.807) is 18.2 Å². The predicted molar refractivity (Wildman–Crippen MR) is 63.0 cm³/mol. The second-order valence-corrected chi connectivity index (χ2v) is 3.45. The third-order valence-corrected chi connectivity index (χ3v) is 1.92. The zero-order chi connectivity index (χ0) is 12.8. The van der Waals surface area contributed by atoms with Crippen LogP contribution in [0.4, 0.5) is 0 Å². The van der Waals surface area contributed by atoms with E-state index >= 15 is 0 Å². The number of ether oxygens (including phenoxy) is 2. The number of allylic oxidation sites excluding steroid dienone is 1. The standard InChI is InChI=1S/C13H14O4/c1-4-5-11-6-7-12(16-9(2)14)8-13(11)17-10(3)15/h4,6-8H,1,5H2,2-3H3. The summed E-state index contributed by atoms with van der Waals surface area (Å²) in [5.74, 6) is -0.108. The second-order valence-electron chi connectivity index (χ2n) is 3.45. The van der Waals surface area contributed by atoms with Gasteiger partial charge in [0.1, 0.15) is 11.5 Å². The highest BCUT2D eigenvalue weighted by atomic mass is 16.5. The van der Waals surface area contributed by atoms with Gasteiger partial charge in [0, 0.05) is 19.9 Å². The molecule has 0 unspecified atom stereocenters. The SMILES string of the molecule is C=CCc1ccc(OC(C)=O)cc1OC(C)=O. The van der Waals surface area contributed by atoms with Crippen LogP contribution in [0.15, 0.2) is 30.9 Å². The van der Waals surface area contributed by atoms with Gasteiger partial charge < -0.3 is 9.47 Å². The Morgan fingerprint density at radius 1 is 1.24 bits per heavy atom. The number of carbonyl (C=O) groups excluding carboxylic acids is 2. The first-order valence-electron chi connectivity index (χ1n) is 5.13. The molecular weight excluding hydrogens is 220 g/mol. The highest BCUT2D eigenvalue weighted by Gasteiger charge is 2.08. The first-order chi connectivity index (χ1) is 8.02. The number of carbonyl (C=O) groups is 2. The van der Waals surface area contributed by atoms with E-state index in [9.17, 15) is 9.59 Å². The van der Waals surface area contributed by atoms with Crippen LogP contribution < -0.4 is 9.47 Å². The van der Waals surface area contributed by atoms with Crippen LogP contribution in [0.1, 0.15) is 19.4 Å². The molecule has 0 radical (unpaired) electrons. The summed E-state index contributed by atoms with van der Waals surface area (Å²) >= 11 is 0. The Balaban J connectivity index is 3.04. The van der Waals surface area contributed by atoms with Crippen LogP contribution >= 0.6 is 0 Å². The molecule has 4 nitrogen and oxygen atoms in total. The number of benzene rings is 1. The second kappa shape index (κ2) is 5.84. The van der Waals surface area contributed by atoms with Crippen molar-refractivity contribution in [1.82, 2.24) is 0 Å². The van der Waals surface area contributed by atoms with Gasteiger partial charge in [-0.05, 0) is 18.1 Å². The molecule has 0 aromatic heterocycles. The topological polar surface area (TPSA) is 52.6 Å². The van der Waals surface area contributed by atoms with E-state index in [1.165, 1.54) is 19.9 Å². The van der Waals surface area contributed by atoms with Crippen molar-refractivity contribution in [2.75, 3.05) is 0 Å². The van der Waals surface area contributed by atoms with Crippen molar-refractivity contribution in [1.29, 1.82) is 0 Å². The van der Waals surface area contributed by atoms with Crippen LogP contribution in [-0.4, -0.2) is 11.9 Å². The molecule has 90 valence electrons. The molecule has 0 amide bonds. The van der Waals surface area contributed by atoms with Gasteiger partial charge in [0.05, 0.1) is 0 Å². The zero-order valence-corrected chi connectivity index (χ0v) is 9.86. The zero-order valence-electron chi connectivity index (χ0n) is 9.86. The summed E-state index contributed by atoms with van der Waals surface area (Å²) in [7, 11) is 0. The average Bonchev–Trinajstić information content (AvgIpc) is 2.20. The summed E-state index contributed by atoms with van der Waals surface area (Å²) in [6.45, 7) is 6.25. The van der Waals surface area contributed by atoms with Crippen molar-refractivity contribution in [2.45, 2.75) is 20.3 Å². The Hall–Kier alpha value is -2.10. The van der Waals surface area contributed by atoms with Crippen LogP contribution in [-0.2, 0) is 16.0 Å². The molecule has 0 saturated heterocycles. The van der Waals surface area contributed by atoms with Gasteiger partial charge in [-0.1, -0.05) is 12.1 Å². The molecular formula is C13H14O4. The highest BCUT2D eigenvalue weighted by molar-refractivity contribution is 5.71. The largest absolute Gasteiger partial charge is 0.427 e. The molecule has 0 saturated carbocycles. The molecule has 0 aliphatic heterocycles. The highest BCUT2D eigenvalue weighted by Crippen LogP contribution is 2.26. The molecule has 4 heteroatoms. The summed E-state index contributed by atoms with van der Waals surface area (Å²) in [6, 6.07) is 4.90. The van der Waals surface area contributed by atoms with E-state index < -0.39 is 11.9 Å². The number of hydrogen-bond donors (Lipinski definition) is 0. The molecule has 0 heterocycles. The van der Waals surface area contributed by atoms with Gasteiger partial charge in [-0.3, -0.25) is 9.59 Å². The van der Waals surface area contributed by atoms with E-state index in [-0.39, 0.29) is 0 Å². The molecule has 0 aliphatic rings. The van der Waals surface area contributed by atoms with Crippen molar-refractivity contribution >= 4 is 11.9 Å². The van der Waals surface area contributed by atoms with Crippen LogP contribution in [0.2, 0.25) is 0 Å². The fourth-order valence-electron chi connectivity index (χ4n) is 1.34. The Morgan fingerprint density at radius 3 is 2.41 bits per heavy atom. The smallest absolute Gasteiger partial charge is 0.308 e. The molecule has 1 aromatic carbocycles. The normalized spacial score (nSPS) is 9.53. The fourth-order valence-corrected chi connectivity index (χ4v) is 1.34. The minimum atomic E-state index is -0.421. The van der Waals surface area contributed by atoms with E-state index in [0.717, 1.165) is 5.56 Å². The monoisotopic (exact) mass is 234 g/mol. The van der Waals surface area contributed by atoms with E-state index in [2.05, 4.69) is 6.58 Å². The number of rotatable bonds is 4. The van der Waals surface area contributed by atoms with Crippen molar-refractivity contribution < 1.29 is 19.1 Å². The van der Waals surface area contributed by atoms with Crippen molar-refractivity contribution in [2.24, 2.45) is 0 Å². The molecule has 0 bridgehead atoms. The van der Waals surface area contributed by atoms with Crippen molar-refractivity contribution in [3.05, 3.63) is 36.4 Å². The number of hydrogen-bond acceptors (Lipinski definition) is 4. The van der Waals surface area contributed by atoms with Crippen LogP contribution in [0.3, 0.4) is 0 Å². The summed E-state index contributed by atoms with van der Waals surface area (Å²) in [5.41, 5.74) is 0.811. The quantitative estimate of drug-likeness (QED) is 0.455. The molecule has 0 N–H and O–H groups in total. The maximum atomic E-state index is 10.9. The van der Waals surface area contributed by atoms with Gasteiger partial charge in [-0.25, -0.2) is 0 Å². The molecule has 17 heavy (non-hydrogen) atoms. The third kappa shape index (κ3) is 4.10. The minimum absolute atomic E-state index is 0.349. The first kappa shape index (κ1) is 13.0. The Labute approximate surface area is 99.8 Å². The Morgan fingerprint density at radius 2 is 1.88 bits per heavy atom. The molecule has 0 aliphatic carbocycles. The summed E-state index contributed by atoms with van der Waals surface area (Å²) in [6.07, 6.45) is 2.27. The van der Waals surface area contributed by atoms with Gasteiger partial charge >= 0.3 is 11.9 Å². The molecule has 0 atom stereocenters. The van der Waals surface area contributed by atoms with Crippen LogP contribution in [0.25, 0.3) is 0 Å². The molecule has 1 aromatic rings. The summed E-state index contributed by atoms with van der Waals surface area (Å²) in [4.78, 5) is 21.8. The third-order valence-electron chi connectivity index (χ3n) is 1.92. The van der Waals surface area contributed by atoms with E-state index in [4.69, 9.17) is 9.47 Å². The van der Waals surface area contributed by atoms with Crippen LogP contribution in [0.5, 0.6) is 11.5 Å². The fraction of sp³-hybridized carbons (Fsp3) is 0.231. The van der Waals surface area contributed by atoms with Crippen molar-refractivity contribution in [3.8, 4) is 11.5 Å². The maximum absolute atomic E-state index is 10.9. The lowest BCUT2D eigenvalue weighted by molar-refractivity contribution is -0.132. The lowest BCUT2D eigenvalue weighted by Crippen LogP contribution is -2.06. The minimum Gasteiger partial charge on any atom is -0.427 e. The number of esters is 2. The lowest BCUT2D eigenvalue weighted by Gasteiger charge is -2.09. The van der Waals surface area contributed by atoms with Gasteiger partial charge in [0.15, 0.2) is 0 Å². The first-order valence-corrected chi connectivity index (χ1v) is 5.13. The molecule has 0 spiro atoms. The maximum Gasteiger partial charge on any atom is 0.308 e. The van der Waals surface area contributed by atoms with Gasteiger partial charge in [-0.15, -0.1) is 6.58 Å². The van der Waals surface area contributed by atoms with E-state index in [1.807, 2.05) is 0 Å². The van der Waals surface area contributed by atoms with Gasteiger partial charge in [0.25, 0.3) is 0 Å². The van der Waals surface area contributed by atoms with Crippen LogP contribution in [0, 0.1) is 0 Å². The van der Waals surface area contributed by atoms with Gasteiger partial charge in [0.2, 0.25) is 0 Å². The average molecular weight is 234 g/mol. The molecule has 0 fully saturated rings. The lowest BCUT2D eigenvalue weighted by atomic mass is 10.1. The van der Waals surface area contributed by atoms with Gasteiger partial charge in [-0.2, -0.15) is 0 Å². The summed E-state index contributed by atoms with van der Waals surface area (Å²) in [5, 5.41) is 0.